The highest BCUT2D eigenvalue weighted by molar-refractivity contribution is 7.98. The third kappa shape index (κ3) is 4.15. The Labute approximate surface area is 181 Å². The van der Waals surface area contributed by atoms with E-state index < -0.39 is 5.92 Å². The number of ether oxygens (including phenoxy) is 1. The first kappa shape index (κ1) is 20.3. The van der Waals surface area contributed by atoms with Gasteiger partial charge < -0.3 is 20.1 Å². The van der Waals surface area contributed by atoms with Crippen LogP contribution < -0.4 is 15.6 Å². The molecular weight excluding hydrogens is 426 g/mol. The van der Waals surface area contributed by atoms with Crippen molar-refractivity contribution in [2.75, 3.05) is 12.4 Å². The summed E-state index contributed by atoms with van der Waals surface area (Å²) in [6, 6.07) is 12.3. The maximum atomic E-state index is 12.9. The van der Waals surface area contributed by atoms with Crippen molar-refractivity contribution in [2.45, 2.75) is 23.2 Å². The minimum absolute atomic E-state index is 0.0536. The first-order valence-corrected chi connectivity index (χ1v) is 10.5. The number of aromatic hydroxyl groups is 1. The zero-order chi connectivity index (χ0) is 21.3. The zero-order valence-corrected chi connectivity index (χ0v) is 17.5. The van der Waals surface area contributed by atoms with Crippen molar-refractivity contribution in [1.29, 1.82) is 0 Å². The molecule has 0 saturated heterocycles. The standard InChI is InChI=1S/C21H18ClN3O4S/c1-29-16-7-4-12(8-15(16)26)14-9-17(27)23-19-18(14)20(28)25-21(24-19)30-10-11-2-5-13(22)6-3-11/h2-8,14,26H,9-10H2,1H3,(H2,23,24,25,27,28). The van der Waals surface area contributed by atoms with Gasteiger partial charge in [0.25, 0.3) is 5.56 Å². The zero-order valence-electron chi connectivity index (χ0n) is 15.9. The largest absolute Gasteiger partial charge is 0.504 e. The van der Waals surface area contributed by atoms with Crippen molar-refractivity contribution < 1.29 is 14.6 Å². The van der Waals surface area contributed by atoms with E-state index in [0.717, 1.165) is 5.56 Å². The molecule has 2 aromatic carbocycles. The fraction of sp³-hybridized carbons (Fsp3) is 0.190. The number of nitrogens with zero attached hydrogens (tertiary/aromatic N) is 1. The molecule has 154 valence electrons. The molecule has 0 fully saturated rings. The summed E-state index contributed by atoms with van der Waals surface area (Å²) in [5.41, 5.74) is 1.72. The minimum Gasteiger partial charge on any atom is -0.504 e. The molecule has 1 aromatic heterocycles. The van der Waals surface area contributed by atoms with E-state index in [4.69, 9.17) is 16.3 Å². The van der Waals surface area contributed by atoms with Crippen LogP contribution in [0.2, 0.25) is 5.02 Å². The van der Waals surface area contributed by atoms with Crippen LogP contribution in [0.4, 0.5) is 5.82 Å². The molecule has 0 spiro atoms. The number of aromatic nitrogens is 2. The van der Waals surface area contributed by atoms with Gasteiger partial charge in [-0.2, -0.15) is 0 Å². The van der Waals surface area contributed by atoms with Crippen LogP contribution in [0, 0.1) is 0 Å². The van der Waals surface area contributed by atoms with Crippen LogP contribution in [0.5, 0.6) is 11.5 Å². The molecule has 0 bridgehead atoms. The second-order valence-electron chi connectivity index (χ2n) is 6.78. The number of fused-ring (bicyclic) bond motifs is 1. The summed E-state index contributed by atoms with van der Waals surface area (Å²) < 4.78 is 5.07. The molecule has 1 unspecified atom stereocenters. The highest BCUT2D eigenvalue weighted by Crippen LogP contribution is 2.38. The third-order valence-corrected chi connectivity index (χ3v) is 6.02. The Kier molecular flexibility index (Phi) is 5.69. The lowest BCUT2D eigenvalue weighted by atomic mass is 9.86. The molecule has 3 aromatic rings. The molecular formula is C21H18ClN3O4S. The fourth-order valence-corrected chi connectivity index (χ4v) is 4.30. The average molecular weight is 444 g/mol. The van der Waals surface area contributed by atoms with E-state index in [2.05, 4.69) is 15.3 Å². The number of hydrogen-bond donors (Lipinski definition) is 3. The van der Waals surface area contributed by atoms with Gasteiger partial charge in [0.15, 0.2) is 16.7 Å². The normalized spacial score (nSPS) is 15.4. The Morgan fingerprint density at radius 2 is 2.00 bits per heavy atom. The van der Waals surface area contributed by atoms with Gasteiger partial charge in [0.1, 0.15) is 5.82 Å². The monoisotopic (exact) mass is 443 g/mol. The molecule has 0 saturated carbocycles. The predicted molar refractivity (Wildman–Crippen MR) is 116 cm³/mol. The summed E-state index contributed by atoms with van der Waals surface area (Å²) >= 11 is 7.26. The van der Waals surface area contributed by atoms with E-state index in [9.17, 15) is 14.7 Å². The van der Waals surface area contributed by atoms with Gasteiger partial charge in [-0.25, -0.2) is 4.98 Å². The number of phenolic OH excluding ortho intramolecular Hbond substituents is 1. The van der Waals surface area contributed by atoms with Gasteiger partial charge in [-0.05, 0) is 35.4 Å². The molecule has 1 aliphatic rings. The summed E-state index contributed by atoms with van der Waals surface area (Å²) in [5.74, 6) is 0.339. The molecule has 7 nitrogen and oxygen atoms in total. The van der Waals surface area contributed by atoms with E-state index in [0.29, 0.717) is 32.8 Å². The van der Waals surface area contributed by atoms with Crippen molar-refractivity contribution in [2.24, 2.45) is 0 Å². The fourth-order valence-electron chi connectivity index (χ4n) is 3.36. The maximum absolute atomic E-state index is 12.9. The molecule has 2 heterocycles. The van der Waals surface area contributed by atoms with Crippen LogP contribution in [0.15, 0.2) is 52.4 Å². The summed E-state index contributed by atoms with van der Waals surface area (Å²) in [4.78, 5) is 32.4. The summed E-state index contributed by atoms with van der Waals surface area (Å²) in [5, 5.41) is 13.9. The van der Waals surface area contributed by atoms with Gasteiger partial charge in [0, 0.05) is 23.1 Å². The molecule has 1 aliphatic heterocycles. The second-order valence-corrected chi connectivity index (χ2v) is 8.19. The number of carbonyl (C=O) groups is 1. The Morgan fingerprint density at radius 1 is 1.23 bits per heavy atom. The van der Waals surface area contributed by atoms with Crippen molar-refractivity contribution >= 4 is 35.1 Å². The van der Waals surface area contributed by atoms with Gasteiger partial charge in [-0.1, -0.05) is 41.6 Å². The first-order chi connectivity index (χ1) is 14.4. The number of rotatable bonds is 5. The number of amides is 1. The van der Waals surface area contributed by atoms with Gasteiger partial charge in [0.05, 0.1) is 12.7 Å². The van der Waals surface area contributed by atoms with Gasteiger partial charge in [0.2, 0.25) is 5.91 Å². The maximum Gasteiger partial charge on any atom is 0.257 e. The molecule has 1 amide bonds. The molecule has 30 heavy (non-hydrogen) atoms. The SMILES string of the molecule is COc1ccc(C2CC(=O)Nc3nc(SCc4ccc(Cl)cc4)[nH]c(=O)c32)cc1O. The topological polar surface area (TPSA) is 104 Å². The lowest BCUT2D eigenvalue weighted by Crippen LogP contribution is -2.31. The van der Waals surface area contributed by atoms with Crippen LogP contribution in [0.25, 0.3) is 0 Å². The minimum atomic E-state index is -0.517. The number of aromatic amines is 1. The number of nitrogens with one attached hydrogen (secondary N) is 2. The van der Waals surface area contributed by atoms with E-state index in [1.165, 1.54) is 24.9 Å². The van der Waals surface area contributed by atoms with Crippen LogP contribution in [0.3, 0.4) is 0 Å². The molecule has 1 atom stereocenters. The third-order valence-electron chi connectivity index (χ3n) is 4.82. The molecule has 4 rings (SSSR count). The highest BCUT2D eigenvalue weighted by Gasteiger charge is 2.31. The lowest BCUT2D eigenvalue weighted by Gasteiger charge is -2.24. The van der Waals surface area contributed by atoms with Gasteiger partial charge in [-0.15, -0.1) is 0 Å². The molecule has 3 N–H and O–H groups in total. The van der Waals surface area contributed by atoms with Gasteiger partial charge in [-0.3, -0.25) is 9.59 Å². The average Bonchev–Trinajstić information content (AvgIpc) is 2.72. The van der Waals surface area contributed by atoms with E-state index in [1.54, 1.807) is 24.3 Å². The van der Waals surface area contributed by atoms with Gasteiger partial charge >= 0.3 is 0 Å². The first-order valence-electron chi connectivity index (χ1n) is 9.13. The highest BCUT2D eigenvalue weighted by atomic mass is 35.5. The smallest absolute Gasteiger partial charge is 0.257 e. The Morgan fingerprint density at radius 3 is 2.70 bits per heavy atom. The summed E-state index contributed by atoms with van der Waals surface area (Å²) in [7, 11) is 1.45. The number of carbonyl (C=O) groups excluding carboxylic acids is 1. The Bertz CT molecular complexity index is 1160. The van der Waals surface area contributed by atoms with Crippen molar-refractivity contribution in [1.82, 2.24) is 9.97 Å². The van der Waals surface area contributed by atoms with Crippen LogP contribution >= 0.6 is 23.4 Å². The Balaban J connectivity index is 1.65. The van der Waals surface area contributed by atoms with Crippen molar-refractivity contribution in [3.05, 3.63) is 74.5 Å². The van der Waals surface area contributed by atoms with Crippen molar-refractivity contribution in [3.63, 3.8) is 0 Å². The summed E-state index contributed by atoms with van der Waals surface area (Å²) in [6.07, 6.45) is 0.0841. The van der Waals surface area contributed by atoms with E-state index in [1.807, 2.05) is 12.1 Å². The van der Waals surface area contributed by atoms with Crippen LogP contribution in [0.1, 0.15) is 29.0 Å². The number of halogens is 1. The van der Waals surface area contributed by atoms with Crippen molar-refractivity contribution in [3.8, 4) is 11.5 Å². The summed E-state index contributed by atoms with van der Waals surface area (Å²) in [6.45, 7) is 0. The number of phenols is 1. The molecule has 0 aliphatic carbocycles. The number of thioether (sulfide) groups is 1. The van der Waals surface area contributed by atoms with Crippen LogP contribution in [-0.2, 0) is 10.5 Å². The number of hydrogen-bond acceptors (Lipinski definition) is 6. The van der Waals surface area contributed by atoms with Crippen LogP contribution in [-0.4, -0.2) is 28.1 Å². The number of methoxy groups -OCH3 is 1. The number of benzene rings is 2. The number of H-pyrrole nitrogens is 1. The quantitative estimate of drug-likeness (QED) is 0.408. The number of anilines is 1. The Hall–Kier alpha value is -2.97. The lowest BCUT2D eigenvalue weighted by molar-refractivity contribution is -0.116. The van der Waals surface area contributed by atoms with E-state index in [-0.39, 0.29) is 29.5 Å². The molecule has 9 heteroatoms. The molecule has 0 radical (unpaired) electrons. The predicted octanol–water partition coefficient (Wildman–Crippen LogP) is 3.90. The van der Waals surface area contributed by atoms with E-state index >= 15 is 0 Å². The second kappa shape index (κ2) is 8.41.